The number of benzene rings is 3. The predicted molar refractivity (Wildman–Crippen MR) is 498 cm³/mol. The number of aromatic hydroxyl groups is 1. The van der Waals surface area contributed by atoms with Gasteiger partial charge in [-0.1, -0.05) is 88.1 Å². The number of rotatable bonds is 27. The molecular formula is C92H126N22O22S. The van der Waals surface area contributed by atoms with E-state index in [1.165, 1.54) is 65.6 Å². The molecule has 137 heavy (non-hydrogen) atoms. The number of H-pyrrole nitrogens is 3. The minimum atomic E-state index is -1.92. The molecule has 0 bridgehead atoms. The Morgan fingerprint density at radius 1 is 0.496 bits per heavy atom. The summed E-state index contributed by atoms with van der Waals surface area (Å²) >= 11 is 0.783. The summed E-state index contributed by atoms with van der Waals surface area (Å²) in [4.78, 5) is 283. The van der Waals surface area contributed by atoms with E-state index in [0.717, 1.165) is 21.6 Å². The molecule has 23 N–H and O–H groups in total. The molecule has 0 radical (unpaired) electrons. The fraction of sp³-hybridized carbons (Fsp3) is 0.533. The first-order valence-corrected chi connectivity index (χ1v) is 47.4. The first-order chi connectivity index (χ1) is 65.6. The van der Waals surface area contributed by atoms with E-state index in [4.69, 9.17) is 17.2 Å². The largest absolute Gasteiger partial charge is 0.508 e. The van der Waals surface area contributed by atoms with Crippen LogP contribution in [0.4, 0.5) is 0 Å². The Morgan fingerprint density at radius 3 is 1.61 bits per heavy atom. The third-order valence-electron chi connectivity index (χ3n) is 25.0. The van der Waals surface area contributed by atoms with E-state index in [-0.39, 0.29) is 108 Å². The molecule has 16 amide bonds. The van der Waals surface area contributed by atoms with Gasteiger partial charge in [0, 0.05) is 118 Å². The topological polar surface area (TPSA) is 663 Å². The lowest BCUT2D eigenvalue weighted by atomic mass is 9.97. The number of nitrogens with one attached hydrogen (secondary N) is 13. The first kappa shape index (κ1) is 106. The molecule has 15 atom stereocenters. The van der Waals surface area contributed by atoms with E-state index in [9.17, 15) is 58.8 Å². The maximum Gasteiger partial charge on any atom is 0.305 e. The van der Waals surface area contributed by atoms with Gasteiger partial charge in [-0.25, -0.2) is 4.98 Å². The van der Waals surface area contributed by atoms with Crippen LogP contribution in [0, 0.1) is 0 Å². The number of thioether (sulfide) groups is 1. The SMILES string of the molecule is CCCC[C@H]1C(=O)N(C)[C@@H](CCCC)C(=O)N[C@@H](CCCN)C(=O)N[C@H](C(=O)NCC(N)=O)CSCC(=O)N[C@@H](Cc2ccc(O)cc2)C(=O)N2CCCCC2C(=O)N[C@@H](CC(=O)O)C(=O)N2CCC[C@H]2C(=O)N[C@@H](Cc2c[nH]cn2)C(=O)N[C@@H](CCC(=O)O)C(=O)N2C[C@H](O)C[C@H]2C(=O)N[C@@H](Cc2c[nH]c3ccccc23)C(=O)N[C@@H](CCN)C(=O)N[C@@H](Cc2c[nH]c3ccccc23)C(=O)N1C. The van der Waals surface area contributed by atoms with Gasteiger partial charge in [-0.05, 0) is 125 Å². The van der Waals surface area contributed by atoms with Crippen LogP contribution in [0.1, 0.15) is 152 Å². The number of hydrogen-bond acceptors (Lipinski definition) is 24. The number of para-hydroxylation sites is 2. The summed E-state index contributed by atoms with van der Waals surface area (Å²) in [6.45, 7) is 1.83. The Morgan fingerprint density at radius 2 is 1.01 bits per heavy atom. The summed E-state index contributed by atoms with van der Waals surface area (Å²) in [7, 11) is 2.73. The summed E-state index contributed by atoms with van der Waals surface area (Å²) in [6.07, 6.45) is 2.21. The van der Waals surface area contributed by atoms with Gasteiger partial charge in [0.05, 0.1) is 36.8 Å². The zero-order chi connectivity index (χ0) is 99.3. The van der Waals surface area contributed by atoms with Crippen molar-refractivity contribution in [3.05, 3.63) is 120 Å². The van der Waals surface area contributed by atoms with E-state index < -0.39 is 254 Å². The number of aliphatic carboxylic acids is 2. The van der Waals surface area contributed by atoms with Crippen LogP contribution in [0.2, 0.25) is 0 Å². The zero-order valence-electron chi connectivity index (χ0n) is 77.1. The van der Waals surface area contributed by atoms with Crippen LogP contribution in [0.25, 0.3) is 21.8 Å². The number of carbonyl (C=O) groups is 18. The van der Waals surface area contributed by atoms with Gasteiger partial charge in [0.15, 0.2) is 0 Å². The van der Waals surface area contributed by atoms with Crippen molar-refractivity contribution in [1.29, 1.82) is 0 Å². The van der Waals surface area contributed by atoms with Gasteiger partial charge >= 0.3 is 11.9 Å². The van der Waals surface area contributed by atoms with Crippen LogP contribution in [0.3, 0.4) is 0 Å². The lowest BCUT2D eigenvalue weighted by molar-refractivity contribution is -0.149. The third kappa shape index (κ3) is 29.0. The first-order valence-electron chi connectivity index (χ1n) is 46.3. The van der Waals surface area contributed by atoms with Gasteiger partial charge < -0.3 is 130 Å². The van der Waals surface area contributed by atoms with Crippen LogP contribution in [0.15, 0.2) is 97.7 Å². The van der Waals surface area contributed by atoms with E-state index >= 15 is 47.9 Å². The van der Waals surface area contributed by atoms with Crippen LogP contribution in [-0.4, -0.2) is 327 Å². The molecule has 0 saturated carbocycles. The van der Waals surface area contributed by atoms with E-state index in [1.54, 1.807) is 60.9 Å². The molecule has 4 aliphatic heterocycles. The number of piperidine rings is 1. The Labute approximate surface area is 794 Å². The van der Waals surface area contributed by atoms with Crippen molar-refractivity contribution >= 4 is 140 Å². The number of hydrogen-bond donors (Lipinski definition) is 20. The number of phenolic OH excluding ortho intramolecular Hbond substituents is 1. The number of primary amides is 1. The Bertz CT molecular complexity index is 5290. The molecule has 6 aromatic rings. The molecule has 0 spiro atoms. The molecule has 4 saturated heterocycles. The monoisotopic (exact) mass is 1920 g/mol. The van der Waals surface area contributed by atoms with Gasteiger partial charge in [0.25, 0.3) is 0 Å². The minimum absolute atomic E-state index is 0.00175. The van der Waals surface area contributed by atoms with Crippen molar-refractivity contribution < 1.29 is 107 Å². The van der Waals surface area contributed by atoms with Gasteiger partial charge in [-0.2, -0.15) is 0 Å². The summed E-state index contributed by atoms with van der Waals surface area (Å²) in [6, 6.07) is -2.44. The van der Waals surface area contributed by atoms with Gasteiger partial charge in [0.2, 0.25) is 94.5 Å². The normalized spacial score (nSPS) is 25.0. The number of phenols is 1. The fourth-order valence-corrected chi connectivity index (χ4v) is 18.5. The minimum Gasteiger partial charge on any atom is -0.508 e. The number of unbranched alkanes of at least 4 members (excludes halogenated alkanes) is 2. The summed E-state index contributed by atoms with van der Waals surface area (Å²) in [5.41, 5.74) is 20.6. The number of amides is 16. The average molecular weight is 1920 g/mol. The van der Waals surface area contributed by atoms with Gasteiger partial charge in [0.1, 0.15) is 90.3 Å². The molecule has 3 aromatic heterocycles. The molecule has 3 aromatic carbocycles. The number of carboxylic acids is 2. The van der Waals surface area contributed by atoms with Crippen LogP contribution < -0.4 is 70.4 Å². The average Bonchev–Trinajstić information content (AvgIpc) is 1.70. The lowest BCUT2D eigenvalue weighted by Gasteiger charge is -2.38. The number of imidazole rings is 1. The highest BCUT2D eigenvalue weighted by atomic mass is 32.2. The van der Waals surface area contributed by atoms with Crippen LogP contribution in [-0.2, 0) is 112 Å². The predicted octanol–water partition coefficient (Wildman–Crippen LogP) is -2.14. The van der Waals surface area contributed by atoms with Crippen LogP contribution in [0.5, 0.6) is 5.75 Å². The number of carboxylic acid groups (broad SMARTS) is 2. The van der Waals surface area contributed by atoms with E-state index in [0.29, 0.717) is 77.0 Å². The molecule has 44 nitrogen and oxygen atoms in total. The second-order valence-corrected chi connectivity index (χ2v) is 36.0. The Hall–Kier alpha value is -13.6. The number of carbonyl (C=O) groups excluding carboxylic acids is 16. The lowest BCUT2D eigenvalue weighted by Crippen LogP contribution is -2.61. The molecule has 0 aliphatic carbocycles. The number of fused-ring (bicyclic) bond motifs is 5. The third-order valence-corrected chi connectivity index (χ3v) is 26.0. The number of nitrogens with zero attached hydrogens (tertiary/aromatic N) is 6. The number of aliphatic hydroxyl groups excluding tert-OH is 1. The van der Waals surface area contributed by atoms with Crippen molar-refractivity contribution in [2.24, 2.45) is 17.2 Å². The second kappa shape index (κ2) is 50.9. The molecule has 1 unspecified atom stereocenters. The number of aromatic nitrogens is 4. The van der Waals surface area contributed by atoms with Crippen molar-refractivity contribution in [3.63, 3.8) is 0 Å². The second-order valence-electron chi connectivity index (χ2n) is 35.0. The maximum atomic E-state index is 15.8. The highest BCUT2D eigenvalue weighted by Crippen LogP contribution is 2.29. The van der Waals surface area contributed by atoms with Crippen molar-refractivity contribution in [1.82, 2.24) is 97.6 Å². The molecular weight excluding hydrogens is 1800 g/mol. The molecule has 7 heterocycles. The molecule has 4 fully saturated rings. The van der Waals surface area contributed by atoms with Crippen molar-refractivity contribution in [2.45, 2.75) is 246 Å². The van der Waals surface area contributed by atoms with Crippen molar-refractivity contribution in [3.8, 4) is 5.75 Å². The number of likely N-dealkylation sites (N-methyl/N-ethyl adjacent to an activating group) is 2. The molecule has 4 aliphatic rings. The Balaban J connectivity index is 1.03. The zero-order valence-corrected chi connectivity index (χ0v) is 77.9. The highest BCUT2D eigenvalue weighted by molar-refractivity contribution is 8.00. The smallest absolute Gasteiger partial charge is 0.305 e. The number of aliphatic hydroxyl groups is 1. The fourth-order valence-electron chi connectivity index (χ4n) is 17.7. The van der Waals surface area contributed by atoms with Gasteiger partial charge in [-0.15, -0.1) is 11.8 Å². The standard InChI is InChI=1S/C92H126N22O22S/c1-5-7-22-70-84(128)103-61(21-15-33-93)80(124)109-69(79(123)99-46-75(95)117)48-137-49-76(118)101-66(37-51-26-28-55(115)29-27-51)90(134)112-35-14-13-24-71(112)86(130)108-68(42-78(121)122)91(135)113-36-16-25-72(113)85(129)106-65(40-54-45-96-50-100-54)83(127)104-63(30-31-77(119)120)89(133)114-47-56(116)41-74(114)87(131)105-64(38-52-43-97-59-19-11-9-17-57(52)59)82(126)102-62(32-34-94)81(125)107-67(39-53-44-98-60-20-12-10-18-58(53)60)88(132)111(4)73(23-8-6-2)92(136)110(70)3/h9-12,17-20,26-29,43-45,50,56,61-74,97-98,115-116H,5-8,13-16,21-25,30-42,46-49,93-94H2,1-4H3,(H2,95,117)(H,96,100)(H,99,123)(H,101,118)(H,102,126)(H,103,128)(H,104,127)(H,105,131)(H,106,129)(H,107,125)(H,108,130)(H,109,124)(H,119,120)(H,121,122)/t56-,61+,62+,63+,64+,65+,66+,67+,68+,69+,70+,71?,72+,73+,74+/m1/s1. The molecule has 742 valence electrons. The molecule has 10 rings (SSSR count). The van der Waals surface area contributed by atoms with E-state index in [2.05, 4.69) is 73.1 Å². The molecule has 45 heteroatoms. The van der Waals surface area contributed by atoms with Crippen LogP contribution >= 0.6 is 11.8 Å². The van der Waals surface area contributed by atoms with E-state index in [1.807, 2.05) is 13.8 Å². The summed E-state index contributed by atoms with van der Waals surface area (Å²) < 4.78 is 0. The Kier molecular flexibility index (Phi) is 39.2. The number of aromatic amines is 3. The van der Waals surface area contributed by atoms with Crippen molar-refractivity contribution in [2.75, 3.05) is 64.9 Å². The van der Waals surface area contributed by atoms with Gasteiger partial charge in [-0.3, -0.25) is 86.3 Å². The highest BCUT2D eigenvalue weighted by Gasteiger charge is 2.48. The maximum absolute atomic E-state index is 15.8. The number of nitrogens with two attached hydrogens (primary N) is 3. The summed E-state index contributed by atoms with van der Waals surface area (Å²) in [5.74, 6) is -19.3. The summed E-state index contributed by atoms with van der Waals surface area (Å²) in [5, 5.41) is 70.0. The quantitative estimate of drug-likeness (QED) is 0.0262.